The monoisotopic (exact) mass is 358 g/mol. The number of hydrogen-bond acceptors (Lipinski definition) is 4. The average Bonchev–Trinajstić information content (AvgIpc) is 3.25. The number of carbonyl (C=O) groups excluding carboxylic acids is 1. The highest BCUT2D eigenvalue weighted by atomic mass is 35.5. The smallest absolute Gasteiger partial charge is 0.220 e. The van der Waals surface area contributed by atoms with E-state index in [4.69, 9.17) is 16.0 Å². The van der Waals surface area contributed by atoms with Crippen LogP contribution in [0.2, 0.25) is 5.02 Å². The number of oxazole rings is 1. The predicted molar refractivity (Wildman–Crippen MR) is 95.1 cm³/mol. The van der Waals surface area contributed by atoms with Gasteiger partial charge in [-0.15, -0.1) is 0 Å². The van der Waals surface area contributed by atoms with Crippen molar-refractivity contribution in [2.45, 2.75) is 32.4 Å². The molecule has 0 saturated heterocycles. The van der Waals surface area contributed by atoms with Gasteiger partial charge in [-0.25, -0.2) is 9.97 Å². The maximum absolute atomic E-state index is 12.1. The lowest BCUT2D eigenvalue weighted by atomic mass is 10.2. The van der Waals surface area contributed by atoms with Gasteiger partial charge in [0, 0.05) is 43.4 Å². The number of imidazole rings is 1. The Morgan fingerprint density at radius 3 is 3.00 bits per heavy atom. The molecule has 2 heterocycles. The third kappa shape index (κ3) is 4.70. The Balaban J connectivity index is 1.50. The standard InChI is InChI=1S/C18H19ClN4O2/c1-13(11-23-9-8-20-12-23)22-17(24)6-7-18-21-10-16(25-18)14-4-2-3-5-15(14)19/h2-5,8-10,12-13H,6-7,11H2,1H3,(H,22,24)/t13-/m0/s1. The second kappa shape index (κ2) is 7.98. The molecule has 6 nitrogen and oxygen atoms in total. The number of benzene rings is 1. The third-order valence-electron chi connectivity index (χ3n) is 3.71. The highest BCUT2D eigenvalue weighted by Gasteiger charge is 2.12. The zero-order valence-electron chi connectivity index (χ0n) is 13.9. The molecule has 1 N–H and O–H groups in total. The maximum atomic E-state index is 12.1. The van der Waals surface area contributed by atoms with Crippen LogP contribution in [-0.2, 0) is 17.8 Å². The lowest BCUT2D eigenvalue weighted by molar-refractivity contribution is -0.121. The first kappa shape index (κ1) is 17.2. The molecule has 0 saturated carbocycles. The van der Waals surface area contributed by atoms with Crippen molar-refractivity contribution in [2.24, 2.45) is 0 Å². The number of rotatable bonds is 7. The highest BCUT2D eigenvalue weighted by molar-refractivity contribution is 6.33. The van der Waals surface area contributed by atoms with Gasteiger partial charge in [-0.1, -0.05) is 23.7 Å². The second-order valence-corrected chi connectivity index (χ2v) is 6.23. The Kier molecular flexibility index (Phi) is 5.50. The first-order valence-corrected chi connectivity index (χ1v) is 8.44. The summed E-state index contributed by atoms with van der Waals surface area (Å²) in [7, 11) is 0. The Morgan fingerprint density at radius 2 is 2.24 bits per heavy atom. The van der Waals surface area contributed by atoms with Gasteiger partial charge in [0.05, 0.1) is 17.5 Å². The van der Waals surface area contributed by atoms with Crippen LogP contribution in [0.3, 0.4) is 0 Å². The first-order valence-electron chi connectivity index (χ1n) is 8.06. The van der Waals surface area contributed by atoms with E-state index in [1.165, 1.54) is 0 Å². The summed E-state index contributed by atoms with van der Waals surface area (Å²) < 4.78 is 7.63. The van der Waals surface area contributed by atoms with Crippen molar-refractivity contribution in [2.75, 3.05) is 0 Å². The minimum Gasteiger partial charge on any atom is -0.441 e. The van der Waals surface area contributed by atoms with E-state index in [0.29, 0.717) is 36.1 Å². The molecule has 130 valence electrons. The Hall–Kier alpha value is -2.60. The number of halogens is 1. The molecule has 0 radical (unpaired) electrons. The van der Waals surface area contributed by atoms with E-state index < -0.39 is 0 Å². The van der Waals surface area contributed by atoms with Crippen LogP contribution in [-0.4, -0.2) is 26.5 Å². The Labute approximate surface area is 150 Å². The number of aryl methyl sites for hydroxylation is 1. The molecule has 25 heavy (non-hydrogen) atoms. The first-order chi connectivity index (χ1) is 12.1. The second-order valence-electron chi connectivity index (χ2n) is 5.83. The molecule has 1 aromatic carbocycles. The summed E-state index contributed by atoms with van der Waals surface area (Å²) in [5, 5.41) is 3.57. The summed E-state index contributed by atoms with van der Waals surface area (Å²) in [5.74, 6) is 1.09. The molecule has 0 unspecified atom stereocenters. The van der Waals surface area contributed by atoms with Crippen LogP contribution in [0.4, 0.5) is 0 Å². The van der Waals surface area contributed by atoms with E-state index >= 15 is 0 Å². The number of nitrogens with one attached hydrogen (secondary N) is 1. The van der Waals surface area contributed by atoms with E-state index in [-0.39, 0.29) is 11.9 Å². The molecule has 1 atom stereocenters. The lowest BCUT2D eigenvalue weighted by Crippen LogP contribution is -2.35. The quantitative estimate of drug-likeness (QED) is 0.703. The maximum Gasteiger partial charge on any atom is 0.220 e. The molecule has 0 aliphatic heterocycles. The highest BCUT2D eigenvalue weighted by Crippen LogP contribution is 2.28. The van der Waals surface area contributed by atoms with Gasteiger partial charge in [0.15, 0.2) is 11.7 Å². The minimum absolute atomic E-state index is 0.0185. The van der Waals surface area contributed by atoms with Crippen molar-refractivity contribution < 1.29 is 9.21 Å². The molecule has 3 aromatic rings. The normalized spacial score (nSPS) is 12.1. The van der Waals surface area contributed by atoms with Crippen LogP contribution < -0.4 is 5.32 Å². The molecule has 0 bridgehead atoms. The van der Waals surface area contributed by atoms with Crippen LogP contribution in [0.25, 0.3) is 11.3 Å². The Bertz CT molecular complexity index is 829. The van der Waals surface area contributed by atoms with E-state index in [1.54, 1.807) is 24.8 Å². The van der Waals surface area contributed by atoms with Crippen LogP contribution in [0, 0.1) is 0 Å². The van der Waals surface area contributed by atoms with Gasteiger partial charge in [-0.05, 0) is 19.1 Å². The average molecular weight is 359 g/mol. The van der Waals surface area contributed by atoms with E-state index in [1.807, 2.05) is 35.9 Å². The van der Waals surface area contributed by atoms with Gasteiger partial charge in [-0.2, -0.15) is 0 Å². The topological polar surface area (TPSA) is 73.0 Å². The van der Waals surface area contributed by atoms with Crippen LogP contribution in [0.5, 0.6) is 0 Å². The van der Waals surface area contributed by atoms with Gasteiger partial charge in [0.25, 0.3) is 0 Å². The van der Waals surface area contributed by atoms with Gasteiger partial charge < -0.3 is 14.3 Å². The van der Waals surface area contributed by atoms with Crippen molar-refractivity contribution >= 4 is 17.5 Å². The van der Waals surface area contributed by atoms with Gasteiger partial charge in [-0.3, -0.25) is 4.79 Å². The number of hydrogen-bond donors (Lipinski definition) is 1. The lowest BCUT2D eigenvalue weighted by Gasteiger charge is -2.14. The molecule has 0 aliphatic rings. The zero-order valence-corrected chi connectivity index (χ0v) is 14.6. The molecule has 7 heteroatoms. The molecule has 1 amide bonds. The predicted octanol–water partition coefficient (Wildman–Crippen LogP) is 3.33. The van der Waals surface area contributed by atoms with Gasteiger partial charge in [0.2, 0.25) is 5.91 Å². The van der Waals surface area contributed by atoms with E-state index in [9.17, 15) is 4.79 Å². The minimum atomic E-state index is -0.0369. The summed E-state index contributed by atoms with van der Waals surface area (Å²) in [6, 6.07) is 7.44. The summed E-state index contributed by atoms with van der Waals surface area (Å²) in [5.41, 5.74) is 0.793. The molecule has 0 fully saturated rings. The van der Waals surface area contributed by atoms with E-state index in [0.717, 1.165) is 5.56 Å². The summed E-state index contributed by atoms with van der Waals surface area (Å²) in [6.45, 7) is 2.64. The summed E-state index contributed by atoms with van der Waals surface area (Å²) >= 11 is 6.15. The van der Waals surface area contributed by atoms with Crippen molar-refractivity contribution in [3.8, 4) is 11.3 Å². The fourth-order valence-electron chi connectivity index (χ4n) is 2.54. The number of aromatic nitrogens is 3. The molecule has 3 rings (SSSR count). The van der Waals surface area contributed by atoms with Crippen LogP contribution in [0.1, 0.15) is 19.2 Å². The number of nitrogens with zero attached hydrogens (tertiary/aromatic N) is 3. The third-order valence-corrected chi connectivity index (χ3v) is 4.04. The molecular weight excluding hydrogens is 340 g/mol. The number of carbonyl (C=O) groups is 1. The molecule has 0 aliphatic carbocycles. The fourth-order valence-corrected chi connectivity index (χ4v) is 2.76. The van der Waals surface area contributed by atoms with Gasteiger partial charge >= 0.3 is 0 Å². The van der Waals surface area contributed by atoms with Crippen LogP contribution in [0.15, 0.2) is 53.6 Å². The SMILES string of the molecule is C[C@@H](Cn1ccnc1)NC(=O)CCc1ncc(-c2ccccc2Cl)o1. The van der Waals surface area contributed by atoms with Crippen molar-refractivity contribution in [1.29, 1.82) is 0 Å². The zero-order chi connectivity index (χ0) is 17.6. The Morgan fingerprint density at radius 1 is 1.40 bits per heavy atom. The van der Waals surface area contributed by atoms with Gasteiger partial charge in [0.1, 0.15) is 0 Å². The summed E-state index contributed by atoms with van der Waals surface area (Å²) in [4.78, 5) is 20.3. The molecular formula is C18H19ClN4O2. The summed E-state index contributed by atoms with van der Waals surface area (Å²) in [6.07, 6.45) is 7.70. The largest absolute Gasteiger partial charge is 0.441 e. The fraction of sp³-hybridized carbons (Fsp3) is 0.278. The van der Waals surface area contributed by atoms with Crippen molar-refractivity contribution in [3.05, 3.63) is 60.1 Å². The van der Waals surface area contributed by atoms with E-state index in [2.05, 4.69) is 15.3 Å². The molecule has 2 aromatic heterocycles. The number of amides is 1. The van der Waals surface area contributed by atoms with Crippen LogP contribution >= 0.6 is 11.6 Å². The molecule has 0 spiro atoms. The van der Waals surface area contributed by atoms with Crippen molar-refractivity contribution in [1.82, 2.24) is 19.9 Å². The van der Waals surface area contributed by atoms with Crippen molar-refractivity contribution in [3.63, 3.8) is 0 Å².